The summed E-state index contributed by atoms with van der Waals surface area (Å²) in [6, 6.07) is 0. The lowest BCUT2D eigenvalue weighted by molar-refractivity contribution is 0.249. The lowest BCUT2D eigenvalue weighted by Gasteiger charge is -2.34. The highest BCUT2D eigenvalue weighted by Gasteiger charge is 2.18. The summed E-state index contributed by atoms with van der Waals surface area (Å²) in [4.78, 5) is 12.7. The van der Waals surface area contributed by atoms with Gasteiger partial charge in [-0.05, 0) is 31.9 Å². The van der Waals surface area contributed by atoms with Gasteiger partial charge < -0.3 is 4.90 Å². The van der Waals surface area contributed by atoms with Crippen LogP contribution >= 0.6 is 0 Å². The smallest absolute Gasteiger partial charge is 0.225 e. The zero-order valence-electron chi connectivity index (χ0n) is 13.5. The summed E-state index contributed by atoms with van der Waals surface area (Å²) in [7, 11) is 0. The highest BCUT2D eigenvalue weighted by atomic mass is 19.1. The molecule has 0 N–H and O–H groups in total. The van der Waals surface area contributed by atoms with E-state index < -0.39 is 0 Å². The van der Waals surface area contributed by atoms with Crippen LogP contribution in [0.1, 0.15) is 18.4 Å². The largest absolute Gasteiger partial charge is 0.338 e. The first kappa shape index (κ1) is 15.9. The number of piperazine rings is 1. The fourth-order valence-electron chi connectivity index (χ4n) is 2.84. The normalized spacial score (nSPS) is 16.0. The number of halogens is 1. The molecule has 23 heavy (non-hydrogen) atoms. The van der Waals surface area contributed by atoms with Gasteiger partial charge in [-0.3, -0.25) is 9.58 Å². The Hall–Kier alpha value is -2.02. The molecule has 0 amide bonds. The standard InChI is InChI=1S/C16H23FN6/c1-14-10-20-23(13-14)5-3-2-4-21-6-8-22(9-7-21)16-18-11-15(17)12-19-16/h10-13H,2-9H2,1H3. The van der Waals surface area contributed by atoms with E-state index in [1.165, 1.54) is 24.4 Å². The second kappa shape index (κ2) is 7.50. The molecule has 7 heteroatoms. The number of hydrogen-bond donors (Lipinski definition) is 0. The minimum absolute atomic E-state index is 0.389. The minimum atomic E-state index is -0.389. The van der Waals surface area contributed by atoms with Crippen LogP contribution < -0.4 is 4.90 Å². The molecule has 0 aromatic carbocycles. The van der Waals surface area contributed by atoms with Crippen LogP contribution in [-0.4, -0.2) is 57.4 Å². The van der Waals surface area contributed by atoms with Crippen molar-refractivity contribution in [3.05, 3.63) is 36.2 Å². The quantitative estimate of drug-likeness (QED) is 0.759. The second-order valence-electron chi connectivity index (χ2n) is 6.02. The van der Waals surface area contributed by atoms with Crippen molar-refractivity contribution < 1.29 is 4.39 Å². The van der Waals surface area contributed by atoms with E-state index in [0.717, 1.165) is 45.7 Å². The predicted octanol–water partition coefficient (Wildman–Crippen LogP) is 1.72. The van der Waals surface area contributed by atoms with Crippen molar-refractivity contribution >= 4 is 5.95 Å². The monoisotopic (exact) mass is 318 g/mol. The van der Waals surface area contributed by atoms with Crippen LogP contribution in [0.2, 0.25) is 0 Å². The summed E-state index contributed by atoms with van der Waals surface area (Å²) in [6.07, 6.45) is 8.75. The fourth-order valence-corrected chi connectivity index (χ4v) is 2.84. The molecule has 3 rings (SSSR count). The molecule has 2 aromatic rings. The minimum Gasteiger partial charge on any atom is -0.338 e. The molecule has 0 spiro atoms. The Bertz CT molecular complexity index is 603. The van der Waals surface area contributed by atoms with Crippen LogP contribution in [0.3, 0.4) is 0 Å². The Morgan fingerprint density at radius 1 is 1.00 bits per heavy atom. The Balaban J connectivity index is 1.35. The van der Waals surface area contributed by atoms with E-state index in [2.05, 4.69) is 38.0 Å². The number of aryl methyl sites for hydroxylation is 2. The molecule has 0 atom stereocenters. The molecule has 3 heterocycles. The number of anilines is 1. The Morgan fingerprint density at radius 3 is 2.35 bits per heavy atom. The maximum Gasteiger partial charge on any atom is 0.225 e. The topological polar surface area (TPSA) is 50.1 Å². The van der Waals surface area contributed by atoms with Crippen molar-refractivity contribution in [1.82, 2.24) is 24.6 Å². The number of aromatic nitrogens is 4. The Labute approximate surface area is 135 Å². The third-order valence-corrected chi connectivity index (χ3v) is 4.14. The van der Waals surface area contributed by atoms with Crippen LogP contribution in [0.15, 0.2) is 24.8 Å². The van der Waals surface area contributed by atoms with Crippen molar-refractivity contribution in [3.63, 3.8) is 0 Å². The number of rotatable bonds is 6. The first-order chi connectivity index (χ1) is 11.2. The predicted molar refractivity (Wildman–Crippen MR) is 86.8 cm³/mol. The van der Waals surface area contributed by atoms with Crippen molar-refractivity contribution in [1.29, 1.82) is 0 Å². The summed E-state index contributed by atoms with van der Waals surface area (Å²) < 4.78 is 14.9. The van der Waals surface area contributed by atoms with Crippen molar-refractivity contribution in [3.8, 4) is 0 Å². The van der Waals surface area contributed by atoms with E-state index in [0.29, 0.717) is 5.95 Å². The number of unbranched alkanes of at least 4 members (excludes halogenated alkanes) is 1. The van der Waals surface area contributed by atoms with E-state index in [4.69, 9.17) is 0 Å². The number of hydrogen-bond acceptors (Lipinski definition) is 5. The zero-order chi connectivity index (χ0) is 16.1. The maximum atomic E-state index is 12.9. The average molecular weight is 318 g/mol. The van der Waals surface area contributed by atoms with Gasteiger partial charge in [0.1, 0.15) is 0 Å². The third-order valence-electron chi connectivity index (χ3n) is 4.14. The highest BCUT2D eigenvalue weighted by Crippen LogP contribution is 2.11. The lowest BCUT2D eigenvalue weighted by atomic mass is 10.2. The molecule has 0 aliphatic carbocycles. The van der Waals surface area contributed by atoms with Crippen molar-refractivity contribution in [2.75, 3.05) is 37.6 Å². The first-order valence-corrected chi connectivity index (χ1v) is 8.14. The lowest BCUT2D eigenvalue weighted by Crippen LogP contribution is -2.47. The number of nitrogens with zero attached hydrogens (tertiary/aromatic N) is 6. The summed E-state index contributed by atoms with van der Waals surface area (Å²) in [5, 5.41) is 4.31. The van der Waals surface area contributed by atoms with Gasteiger partial charge in [0.05, 0.1) is 18.6 Å². The van der Waals surface area contributed by atoms with Crippen LogP contribution in [0.25, 0.3) is 0 Å². The van der Waals surface area contributed by atoms with Gasteiger partial charge >= 0.3 is 0 Å². The van der Waals surface area contributed by atoms with Gasteiger partial charge in [0.15, 0.2) is 5.82 Å². The molecular formula is C16H23FN6. The summed E-state index contributed by atoms with van der Waals surface area (Å²) in [6.45, 7) is 7.95. The Kier molecular flexibility index (Phi) is 5.17. The maximum absolute atomic E-state index is 12.9. The molecule has 124 valence electrons. The van der Waals surface area contributed by atoms with E-state index in [-0.39, 0.29) is 5.82 Å². The molecule has 1 aliphatic heterocycles. The molecule has 1 saturated heterocycles. The average Bonchev–Trinajstić information content (AvgIpc) is 2.98. The van der Waals surface area contributed by atoms with Crippen molar-refractivity contribution in [2.45, 2.75) is 26.3 Å². The van der Waals surface area contributed by atoms with E-state index in [1.54, 1.807) is 0 Å². The van der Waals surface area contributed by atoms with Gasteiger partial charge in [-0.25, -0.2) is 14.4 Å². The molecule has 1 aliphatic rings. The van der Waals surface area contributed by atoms with Gasteiger partial charge in [0.2, 0.25) is 5.95 Å². The summed E-state index contributed by atoms with van der Waals surface area (Å²) in [5.41, 5.74) is 1.21. The highest BCUT2D eigenvalue weighted by molar-refractivity contribution is 5.29. The molecule has 0 unspecified atom stereocenters. The van der Waals surface area contributed by atoms with Crippen LogP contribution in [-0.2, 0) is 6.54 Å². The summed E-state index contributed by atoms with van der Waals surface area (Å²) >= 11 is 0. The first-order valence-electron chi connectivity index (χ1n) is 8.14. The molecule has 1 fully saturated rings. The molecule has 6 nitrogen and oxygen atoms in total. The molecule has 0 saturated carbocycles. The van der Waals surface area contributed by atoms with E-state index in [9.17, 15) is 4.39 Å². The molecule has 0 radical (unpaired) electrons. The van der Waals surface area contributed by atoms with Crippen molar-refractivity contribution in [2.24, 2.45) is 0 Å². The molecular weight excluding hydrogens is 295 g/mol. The zero-order valence-corrected chi connectivity index (χ0v) is 13.5. The van der Waals surface area contributed by atoms with E-state index >= 15 is 0 Å². The van der Waals surface area contributed by atoms with Gasteiger partial charge in [0.25, 0.3) is 0 Å². The fraction of sp³-hybridized carbons (Fsp3) is 0.562. The van der Waals surface area contributed by atoms with Gasteiger partial charge in [-0.2, -0.15) is 5.10 Å². The van der Waals surface area contributed by atoms with Crippen LogP contribution in [0, 0.1) is 12.7 Å². The van der Waals surface area contributed by atoms with Crippen LogP contribution in [0.5, 0.6) is 0 Å². The molecule has 2 aromatic heterocycles. The molecule has 0 bridgehead atoms. The van der Waals surface area contributed by atoms with Gasteiger partial charge in [0, 0.05) is 38.9 Å². The SMILES string of the molecule is Cc1cnn(CCCCN2CCN(c3ncc(F)cn3)CC2)c1. The summed E-state index contributed by atoms with van der Waals surface area (Å²) in [5.74, 6) is 0.236. The second-order valence-corrected chi connectivity index (χ2v) is 6.02. The van der Waals surface area contributed by atoms with Gasteiger partial charge in [-0.1, -0.05) is 0 Å². The third kappa shape index (κ3) is 4.48. The van der Waals surface area contributed by atoms with E-state index in [1.807, 2.05) is 10.9 Å². The Morgan fingerprint density at radius 2 is 1.70 bits per heavy atom. The van der Waals surface area contributed by atoms with Gasteiger partial charge in [-0.15, -0.1) is 0 Å². The van der Waals surface area contributed by atoms with Crippen LogP contribution in [0.4, 0.5) is 10.3 Å².